The lowest BCUT2D eigenvalue weighted by atomic mass is 9.90. The molecule has 1 atom stereocenters. The monoisotopic (exact) mass is 385 g/mol. The molecule has 0 aromatic heterocycles. The Morgan fingerprint density at radius 3 is 2.21 bits per heavy atom. The molecule has 1 fully saturated rings. The predicted molar refractivity (Wildman–Crippen MR) is 104 cm³/mol. The molecule has 2 aromatic carbocycles. The minimum atomic E-state index is -0.661. The number of fused-ring (bicyclic) bond motifs is 1. The summed E-state index contributed by atoms with van der Waals surface area (Å²) in [6, 6.07) is 11.1. The number of hydrogen-bond donors (Lipinski definition) is 2. The molecule has 0 saturated carbocycles. The van der Waals surface area contributed by atoms with Crippen LogP contribution in [-0.2, 0) is 17.6 Å². The Balaban J connectivity index is 1.61. The number of rotatable bonds is 4. The Bertz CT molecular complexity index is 835. The number of piperazine rings is 1. The van der Waals surface area contributed by atoms with Crippen LogP contribution in [0.15, 0.2) is 42.5 Å². The van der Waals surface area contributed by atoms with Gasteiger partial charge in [-0.25, -0.2) is 8.78 Å². The lowest BCUT2D eigenvalue weighted by Crippen LogP contribution is -2.64. The Hall–Kier alpha value is -2.31. The zero-order chi connectivity index (χ0) is 19.7. The molecular weight excluding hydrogens is 360 g/mol. The van der Waals surface area contributed by atoms with Gasteiger partial charge in [-0.3, -0.25) is 9.69 Å². The predicted octanol–water partition coefficient (Wildman–Crippen LogP) is 2.58. The lowest BCUT2D eigenvalue weighted by Gasteiger charge is -2.42. The highest BCUT2D eigenvalue weighted by Crippen LogP contribution is 2.36. The molecule has 0 spiro atoms. The molecule has 2 N–H and O–H groups in total. The first kappa shape index (κ1) is 19.0. The maximum Gasteiger partial charge on any atom is 0.241 e. The van der Waals surface area contributed by atoms with Crippen LogP contribution >= 0.6 is 0 Å². The van der Waals surface area contributed by atoms with Crippen LogP contribution in [0.1, 0.15) is 29.7 Å². The van der Waals surface area contributed by atoms with Crippen molar-refractivity contribution < 1.29 is 13.6 Å². The molecule has 1 amide bonds. The molecule has 148 valence electrons. The van der Waals surface area contributed by atoms with E-state index in [9.17, 15) is 13.6 Å². The van der Waals surface area contributed by atoms with Crippen LogP contribution in [0, 0.1) is 11.6 Å². The van der Waals surface area contributed by atoms with Crippen LogP contribution in [-0.4, -0.2) is 42.5 Å². The molecule has 1 aliphatic heterocycles. The van der Waals surface area contributed by atoms with E-state index in [0.29, 0.717) is 18.4 Å². The molecule has 2 aromatic rings. The van der Waals surface area contributed by atoms with Gasteiger partial charge in [0.05, 0.1) is 6.04 Å². The third kappa shape index (κ3) is 3.54. The van der Waals surface area contributed by atoms with Crippen molar-refractivity contribution in [3.05, 3.63) is 70.8 Å². The van der Waals surface area contributed by atoms with Crippen LogP contribution in [0.5, 0.6) is 0 Å². The summed E-state index contributed by atoms with van der Waals surface area (Å²) in [6.45, 7) is 5.04. The lowest BCUT2D eigenvalue weighted by molar-refractivity contribution is -0.134. The van der Waals surface area contributed by atoms with E-state index in [-0.39, 0.29) is 5.91 Å². The van der Waals surface area contributed by atoms with E-state index < -0.39 is 23.2 Å². The van der Waals surface area contributed by atoms with Crippen molar-refractivity contribution in [3.63, 3.8) is 0 Å². The van der Waals surface area contributed by atoms with Crippen molar-refractivity contribution in [1.29, 1.82) is 0 Å². The van der Waals surface area contributed by atoms with E-state index in [1.54, 1.807) is 6.92 Å². The number of hydrogen-bond acceptors (Lipinski definition) is 3. The number of nitrogens with zero attached hydrogens (tertiary/aromatic N) is 1. The van der Waals surface area contributed by atoms with E-state index in [1.165, 1.54) is 23.3 Å². The van der Waals surface area contributed by atoms with Crippen LogP contribution < -0.4 is 10.6 Å². The number of carbonyl (C=O) groups excluding carboxylic acids is 1. The normalized spacial score (nSPS) is 19.8. The largest absolute Gasteiger partial charge is 0.348 e. The highest BCUT2D eigenvalue weighted by molar-refractivity contribution is 5.88. The third-order valence-electron chi connectivity index (χ3n) is 5.96. The summed E-state index contributed by atoms with van der Waals surface area (Å²) < 4.78 is 27.2. The number of amides is 1. The maximum atomic E-state index is 13.6. The molecular formula is C22H25F2N3O. The minimum absolute atomic E-state index is 0.0808. The highest BCUT2D eigenvalue weighted by atomic mass is 19.1. The number of halogens is 2. The molecule has 1 aliphatic carbocycles. The molecule has 4 rings (SSSR count). The molecule has 1 heterocycles. The zero-order valence-electron chi connectivity index (χ0n) is 16.0. The average molecular weight is 385 g/mol. The molecule has 0 radical (unpaired) electrons. The summed E-state index contributed by atoms with van der Waals surface area (Å²) in [5, 5.41) is 6.37. The molecule has 4 nitrogen and oxygen atoms in total. The van der Waals surface area contributed by atoms with Crippen molar-refractivity contribution in [2.24, 2.45) is 0 Å². The first-order valence-corrected chi connectivity index (χ1v) is 9.77. The van der Waals surface area contributed by atoms with Crippen molar-refractivity contribution in [1.82, 2.24) is 15.5 Å². The fourth-order valence-electron chi connectivity index (χ4n) is 4.46. The van der Waals surface area contributed by atoms with Gasteiger partial charge in [0.25, 0.3) is 0 Å². The summed E-state index contributed by atoms with van der Waals surface area (Å²) in [5.41, 5.74) is 2.16. The van der Waals surface area contributed by atoms with Crippen molar-refractivity contribution in [2.75, 3.05) is 26.2 Å². The van der Waals surface area contributed by atoms with Gasteiger partial charge in [0.1, 0.15) is 17.2 Å². The molecule has 2 aliphatic rings. The minimum Gasteiger partial charge on any atom is -0.348 e. The van der Waals surface area contributed by atoms with E-state index in [2.05, 4.69) is 27.7 Å². The summed E-state index contributed by atoms with van der Waals surface area (Å²) >= 11 is 0. The Morgan fingerprint density at radius 2 is 1.64 bits per heavy atom. The number of carbonyl (C=O) groups is 1. The SMILES string of the molecule is CC(NC(=O)C1(N2CCNCC2)Cc2ccccc2C1)c1cc(F)cc(F)c1. The van der Waals surface area contributed by atoms with E-state index in [0.717, 1.165) is 32.2 Å². The Morgan fingerprint density at radius 1 is 1.07 bits per heavy atom. The van der Waals surface area contributed by atoms with Crippen LogP contribution in [0.2, 0.25) is 0 Å². The second-order valence-electron chi connectivity index (χ2n) is 7.79. The molecule has 6 heteroatoms. The second kappa shape index (κ2) is 7.60. The smallest absolute Gasteiger partial charge is 0.241 e. The van der Waals surface area contributed by atoms with Gasteiger partial charge in [-0.15, -0.1) is 0 Å². The average Bonchev–Trinajstić information content (AvgIpc) is 3.09. The van der Waals surface area contributed by atoms with Gasteiger partial charge in [-0.1, -0.05) is 24.3 Å². The summed E-state index contributed by atoms with van der Waals surface area (Å²) in [5.74, 6) is -1.36. The quantitative estimate of drug-likeness (QED) is 0.850. The number of nitrogens with one attached hydrogen (secondary N) is 2. The van der Waals surface area contributed by atoms with Crippen LogP contribution in [0.4, 0.5) is 8.78 Å². The topological polar surface area (TPSA) is 44.4 Å². The summed E-state index contributed by atoms with van der Waals surface area (Å²) in [6.07, 6.45) is 1.30. The van der Waals surface area contributed by atoms with Crippen molar-refractivity contribution in [3.8, 4) is 0 Å². The first-order chi connectivity index (χ1) is 13.5. The fraction of sp³-hybridized carbons (Fsp3) is 0.409. The van der Waals surface area contributed by atoms with Crippen LogP contribution in [0.25, 0.3) is 0 Å². The summed E-state index contributed by atoms with van der Waals surface area (Å²) in [4.78, 5) is 15.8. The van der Waals surface area contributed by atoms with E-state index in [1.807, 2.05) is 12.1 Å². The van der Waals surface area contributed by atoms with Gasteiger partial charge in [0, 0.05) is 45.1 Å². The molecule has 0 bridgehead atoms. The van der Waals surface area contributed by atoms with Crippen molar-refractivity contribution in [2.45, 2.75) is 31.3 Å². The summed E-state index contributed by atoms with van der Waals surface area (Å²) in [7, 11) is 0. The van der Waals surface area contributed by atoms with Crippen LogP contribution in [0.3, 0.4) is 0 Å². The highest BCUT2D eigenvalue weighted by Gasteiger charge is 2.48. The van der Waals surface area contributed by atoms with Crippen molar-refractivity contribution >= 4 is 5.91 Å². The van der Waals surface area contributed by atoms with Gasteiger partial charge in [-0.2, -0.15) is 0 Å². The van der Waals surface area contributed by atoms with E-state index in [4.69, 9.17) is 0 Å². The van der Waals surface area contributed by atoms with Gasteiger partial charge >= 0.3 is 0 Å². The number of benzene rings is 2. The van der Waals surface area contributed by atoms with Gasteiger partial charge < -0.3 is 10.6 Å². The Labute approximate surface area is 163 Å². The fourth-order valence-corrected chi connectivity index (χ4v) is 4.46. The zero-order valence-corrected chi connectivity index (χ0v) is 16.0. The van der Waals surface area contributed by atoms with Gasteiger partial charge in [0.15, 0.2) is 0 Å². The molecule has 1 unspecified atom stereocenters. The first-order valence-electron chi connectivity index (χ1n) is 9.77. The maximum absolute atomic E-state index is 13.6. The second-order valence-corrected chi connectivity index (χ2v) is 7.79. The molecule has 1 saturated heterocycles. The van der Waals surface area contributed by atoms with E-state index >= 15 is 0 Å². The molecule has 28 heavy (non-hydrogen) atoms. The van der Waals surface area contributed by atoms with Gasteiger partial charge in [-0.05, 0) is 35.7 Å². The Kier molecular flexibility index (Phi) is 5.17. The third-order valence-corrected chi connectivity index (χ3v) is 5.96. The standard InChI is InChI=1S/C22H25F2N3O/c1-15(18-10-19(23)12-20(24)11-18)26-21(28)22(27-8-6-25-7-9-27)13-16-4-2-3-5-17(16)14-22/h2-5,10-12,15,25H,6-9,13-14H2,1H3,(H,26,28). The van der Waals surface area contributed by atoms with Gasteiger partial charge in [0.2, 0.25) is 5.91 Å².